The highest BCUT2D eigenvalue weighted by Gasteiger charge is 2.25. The minimum absolute atomic E-state index is 0.672. The van der Waals surface area contributed by atoms with Gasteiger partial charge in [-0.05, 0) is 37.2 Å². The van der Waals surface area contributed by atoms with E-state index >= 15 is 0 Å². The van der Waals surface area contributed by atoms with Gasteiger partial charge in [-0.2, -0.15) is 0 Å². The molecule has 0 aromatic carbocycles. The third-order valence-corrected chi connectivity index (χ3v) is 3.42. The molecule has 0 aromatic rings. The van der Waals surface area contributed by atoms with Gasteiger partial charge in [0.25, 0.3) is 0 Å². The number of rotatable bonds is 2. The molecule has 0 bridgehead atoms. The van der Waals surface area contributed by atoms with Crippen molar-refractivity contribution in [1.29, 1.82) is 0 Å². The average Bonchev–Trinajstić information content (AvgIpc) is 2.65. The monoisotopic (exact) mass is 204 g/mol. The summed E-state index contributed by atoms with van der Waals surface area (Å²) in [5, 5.41) is 0. The lowest BCUT2D eigenvalue weighted by atomic mass is 10.1. The van der Waals surface area contributed by atoms with E-state index in [1.54, 1.807) is 0 Å². The molecule has 1 aliphatic carbocycles. The van der Waals surface area contributed by atoms with Crippen molar-refractivity contribution in [2.75, 3.05) is 0 Å². The van der Waals surface area contributed by atoms with Gasteiger partial charge in [0, 0.05) is 24.1 Å². The van der Waals surface area contributed by atoms with Crippen molar-refractivity contribution >= 4 is 0 Å². The quantitative estimate of drug-likeness (QED) is 0.749. The molecule has 0 radical (unpaired) electrons. The topological polar surface area (TPSA) is 29.3 Å². The fraction of sp³-hybridized carbons (Fsp3) is 0.538. The Morgan fingerprint density at radius 2 is 2.33 bits per heavy atom. The van der Waals surface area contributed by atoms with Crippen LogP contribution in [0.15, 0.2) is 36.3 Å². The molecular weight excluding hydrogens is 184 g/mol. The zero-order chi connectivity index (χ0) is 10.8. The van der Waals surface area contributed by atoms with E-state index in [0.717, 1.165) is 17.9 Å². The predicted octanol–water partition coefficient (Wildman–Crippen LogP) is 2.75. The predicted molar refractivity (Wildman–Crippen MR) is 63.8 cm³/mol. The lowest BCUT2D eigenvalue weighted by molar-refractivity contribution is 0.355. The fourth-order valence-corrected chi connectivity index (χ4v) is 2.47. The molecule has 1 saturated carbocycles. The van der Waals surface area contributed by atoms with Crippen molar-refractivity contribution in [3.8, 4) is 0 Å². The van der Waals surface area contributed by atoms with Crippen molar-refractivity contribution in [1.82, 2.24) is 4.90 Å². The maximum atomic E-state index is 5.73. The third-order valence-electron chi connectivity index (χ3n) is 3.42. The molecule has 2 aliphatic rings. The SMILES string of the molecule is C=C(N)C1=CN(C2CCC(C)C2)C=CC1. The number of allylic oxidation sites excluding steroid dienone is 2. The smallest absolute Gasteiger partial charge is 0.0333 e. The molecule has 0 aromatic heterocycles. The summed E-state index contributed by atoms with van der Waals surface area (Å²) in [5.74, 6) is 0.864. The van der Waals surface area contributed by atoms with Crippen LogP contribution in [0.4, 0.5) is 0 Å². The van der Waals surface area contributed by atoms with Gasteiger partial charge < -0.3 is 10.6 Å². The van der Waals surface area contributed by atoms with Gasteiger partial charge in [0.1, 0.15) is 0 Å². The van der Waals surface area contributed by atoms with Crippen LogP contribution in [0.3, 0.4) is 0 Å². The molecule has 2 heteroatoms. The molecular formula is C13H20N2. The number of hydrogen-bond donors (Lipinski definition) is 1. The second-order valence-corrected chi connectivity index (χ2v) is 4.79. The summed E-state index contributed by atoms with van der Waals surface area (Å²) in [5.41, 5.74) is 7.60. The van der Waals surface area contributed by atoms with Gasteiger partial charge in [0.15, 0.2) is 0 Å². The molecule has 2 unspecified atom stereocenters. The van der Waals surface area contributed by atoms with Crippen molar-refractivity contribution in [2.24, 2.45) is 11.7 Å². The molecule has 1 heterocycles. The summed E-state index contributed by atoms with van der Waals surface area (Å²) in [7, 11) is 0. The Morgan fingerprint density at radius 3 is 2.93 bits per heavy atom. The molecule has 2 rings (SSSR count). The Balaban J connectivity index is 2.06. The molecule has 2 N–H and O–H groups in total. The Labute approximate surface area is 92.1 Å². The molecule has 0 saturated heterocycles. The van der Waals surface area contributed by atoms with E-state index in [1.807, 2.05) is 0 Å². The average molecular weight is 204 g/mol. The van der Waals surface area contributed by atoms with Gasteiger partial charge in [-0.25, -0.2) is 0 Å². The largest absolute Gasteiger partial charge is 0.399 e. The van der Waals surface area contributed by atoms with Gasteiger partial charge in [0.05, 0.1) is 0 Å². The zero-order valence-electron chi connectivity index (χ0n) is 9.45. The standard InChI is InChI=1S/C13H20N2/c1-10-5-6-13(8-10)15-7-3-4-12(9-15)11(2)14/h3,7,9-10,13H,2,4-6,8,14H2,1H3. The van der Waals surface area contributed by atoms with E-state index < -0.39 is 0 Å². The first-order valence-electron chi connectivity index (χ1n) is 5.76. The second kappa shape index (κ2) is 4.13. The summed E-state index contributed by atoms with van der Waals surface area (Å²) in [6.45, 7) is 6.14. The molecule has 0 amide bonds. The van der Waals surface area contributed by atoms with Crippen LogP contribution in [0.1, 0.15) is 32.6 Å². The van der Waals surface area contributed by atoms with E-state index in [4.69, 9.17) is 5.73 Å². The summed E-state index contributed by atoms with van der Waals surface area (Å²) in [6.07, 6.45) is 11.4. The summed E-state index contributed by atoms with van der Waals surface area (Å²) in [6, 6.07) is 0.672. The fourth-order valence-electron chi connectivity index (χ4n) is 2.47. The van der Waals surface area contributed by atoms with Crippen LogP contribution >= 0.6 is 0 Å². The van der Waals surface area contributed by atoms with Crippen molar-refractivity contribution in [3.05, 3.63) is 36.3 Å². The maximum absolute atomic E-state index is 5.73. The summed E-state index contributed by atoms with van der Waals surface area (Å²) >= 11 is 0. The molecule has 15 heavy (non-hydrogen) atoms. The molecule has 1 fully saturated rings. The van der Waals surface area contributed by atoms with Gasteiger partial charge in [-0.1, -0.05) is 19.6 Å². The first kappa shape index (κ1) is 10.3. The van der Waals surface area contributed by atoms with Gasteiger partial charge in [-0.3, -0.25) is 0 Å². The first-order valence-corrected chi connectivity index (χ1v) is 5.76. The van der Waals surface area contributed by atoms with Crippen LogP contribution in [0.2, 0.25) is 0 Å². The molecule has 82 valence electrons. The summed E-state index contributed by atoms with van der Waals surface area (Å²) < 4.78 is 0. The Kier molecular flexibility index (Phi) is 2.85. The minimum Gasteiger partial charge on any atom is -0.399 e. The highest BCUT2D eigenvalue weighted by molar-refractivity contribution is 5.30. The molecule has 0 spiro atoms. The minimum atomic E-state index is 0.672. The zero-order valence-corrected chi connectivity index (χ0v) is 9.45. The first-order chi connectivity index (χ1) is 7.16. The highest BCUT2D eigenvalue weighted by Crippen LogP contribution is 2.31. The molecule has 1 aliphatic heterocycles. The van der Waals surface area contributed by atoms with Crippen LogP contribution < -0.4 is 5.73 Å². The maximum Gasteiger partial charge on any atom is 0.0333 e. The van der Waals surface area contributed by atoms with Crippen LogP contribution in [0.25, 0.3) is 0 Å². The van der Waals surface area contributed by atoms with Crippen molar-refractivity contribution in [3.63, 3.8) is 0 Å². The van der Waals surface area contributed by atoms with Gasteiger partial charge in [0.2, 0.25) is 0 Å². The lowest BCUT2D eigenvalue weighted by Gasteiger charge is -2.27. The van der Waals surface area contributed by atoms with Crippen LogP contribution in [-0.2, 0) is 0 Å². The van der Waals surface area contributed by atoms with Gasteiger partial charge >= 0.3 is 0 Å². The lowest BCUT2D eigenvalue weighted by Crippen LogP contribution is -2.25. The van der Waals surface area contributed by atoms with Crippen LogP contribution in [0, 0.1) is 5.92 Å². The van der Waals surface area contributed by atoms with Crippen LogP contribution in [-0.4, -0.2) is 10.9 Å². The van der Waals surface area contributed by atoms with E-state index in [-0.39, 0.29) is 0 Å². The van der Waals surface area contributed by atoms with E-state index in [1.165, 1.54) is 19.3 Å². The number of nitrogens with zero attached hydrogens (tertiary/aromatic N) is 1. The van der Waals surface area contributed by atoms with E-state index in [0.29, 0.717) is 11.7 Å². The Hall–Kier alpha value is -1.18. The molecule has 2 nitrogen and oxygen atoms in total. The van der Waals surface area contributed by atoms with Gasteiger partial charge in [-0.15, -0.1) is 0 Å². The summed E-state index contributed by atoms with van der Waals surface area (Å²) in [4.78, 5) is 2.32. The second-order valence-electron chi connectivity index (χ2n) is 4.79. The number of nitrogens with two attached hydrogens (primary N) is 1. The third kappa shape index (κ3) is 2.25. The molecule has 2 atom stereocenters. The normalized spacial score (nSPS) is 30.5. The number of hydrogen-bond acceptors (Lipinski definition) is 2. The van der Waals surface area contributed by atoms with Crippen molar-refractivity contribution in [2.45, 2.75) is 38.6 Å². The highest BCUT2D eigenvalue weighted by atomic mass is 15.1. The Morgan fingerprint density at radius 1 is 1.53 bits per heavy atom. The van der Waals surface area contributed by atoms with E-state index in [2.05, 4.69) is 36.9 Å². The Bertz CT molecular complexity index is 314. The van der Waals surface area contributed by atoms with Crippen LogP contribution in [0.5, 0.6) is 0 Å². The van der Waals surface area contributed by atoms with E-state index in [9.17, 15) is 0 Å². The van der Waals surface area contributed by atoms with Crippen molar-refractivity contribution < 1.29 is 0 Å².